The highest BCUT2D eigenvalue weighted by Gasteiger charge is 2.52. The molecule has 1 fully saturated rings. The van der Waals surface area contributed by atoms with Crippen LogP contribution in [0, 0.1) is 0 Å². The molecule has 26 heavy (non-hydrogen) atoms. The van der Waals surface area contributed by atoms with Gasteiger partial charge in [0.1, 0.15) is 11.4 Å². The highest BCUT2D eigenvalue weighted by Crippen LogP contribution is 2.31. The van der Waals surface area contributed by atoms with Crippen LogP contribution in [0.5, 0.6) is 5.75 Å². The molecular weight excluding hydrogens is 336 g/mol. The number of nitrogens with two attached hydrogens (primary N) is 1. The van der Waals surface area contributed by atoms with Crippen molar-refractivity contribution in [3.63, 3.8) is 0 Å². The number of phenols is 1. The van der Waals surface area contributed by atoms with Gasteiger partial charge in [-0.05, 0) is 57.7 Å². The summed E-state index contributed by atoms with van der Waals surface area (Å²) in [7, 11) is 0. The van der Waals surface area contributed by atoms with E-state index < -0.39 is 29.1 Å². The molecule has 0 aromatic heterocycles. The minimum absolute atomic E-state index is 0.123. The summed E-state index contributed by atoms with van der Waals surface area (Å²) >= 11 is 0. The van der Waals surface area contributed by atoms with Crippen LogP contribution in [-0.2, 0) is 25.5 Å². The minimum Gasteiger partial charge on any atom is -0.508 e. The highest BCUT2D eigenvalue weighted by molar-refractivity contribution is 6.03. The van der Waals surface area contributed by atoms with E-state index in [0.717, 1.165) is 5.56 Å². The van der Waals surface area contributed by atoms with Crippen LogP contribution in [0.25, 0.3) is 0 Å². The van der Waals surface area contributed by atoms with Crippen LogP contribution in [-0.4, -0.2) is 51.9 Å². The summed E-state index contributed by atoms with van der Waals surface area (Å²) in [5.41, 5.74) is 4.44. The van der Waals surface area contributed by atoms with E-state index in [0.29, 0.717) is 12.7 Å². The average molecular weight is 362 g/mol. The summed E-state index contributed by atoms with van der Waals surface area (Å²) in [6.07, 6.45) is 1.48. The van der Waals surface area contributed by atoms with E-state index in [-0.39, 0.29) is 25.1 Å². The minimum atomic E-state index is -1.61. The molecule has 0 radical (unpaired) electrons. The zero-order valence-electron chi connectivity index (χ0n) is 15.4. The van der Waals surface area contributed by atoms with Gasteiger partial charge in [0.25, 0.3) is 0 Å². The molecule has 0 unspecified atom stereocenters. The lowest BCUT2D eigenvalue weighted by Gasteiger charge is -2.35. The Kier molecular flexibility index (Phi) is 5.71. The number of carbonyl (C=O) groups excluding carboxylic acids is 3. The van der Waals surface area contributed by atoms with Crippen molar-refractivity contribution in [2.45, 2.75) is 57.2 Å². The van der Waals surface area contributed by atoms with Crippen molar-refractivity contribution in [2.24, 2.45) is 5.73 Å². The molecule has 1 amide bonds. The van der Waals surface area contributed by atoms with Crippen LogP contribution in [0.1, 0.15) is 39.2 Å². The Labute approximate surface area is 153 Å². The summed E-state index contributed by atoms with van der Waals surface area (Å²) in [5.74, 6) is -1.06. The average Bonchev–Trinajstić information content (AvgIpc) is 3.00. The zero-order chi connectivity index (χ0) is 19.5. The second kappa shape index (κ2) is 7.45. The Hall–Kier alpha value is -2.41. The summed E-state index contributed by atoms with van der Waals surface area (Å²) in [6, 6.07) is 5.47. The third kappa shape index (κ3) is 4.22. The fraction of sp³-hybridized carbons (Fsp3) is 0.526. The number of aldehydes is 1. The number of hydrogen-bond acceptors (Lipinski definition) is 6. The van der Waals surface area contributed by atoms with Gasteiger partial charge in [0, 0.05) is 6.54 Å². The summed E-state index contributed by atoms with van der Waals surface area (Å²) in [5, 5.41) is 9.33. The second-order valence-corrected chi connectivity index (χ2v) is 7.61. The van der Waals surface area contributed by atoms with Crippen LogP contribution < -0.4 is 5.73 Å². The molecule has 0 spiro atoms. The van der Waals surface area contributed by atoms with Gasteiger partial charge in [0.15, 0.2) is 11.8 Å². The van der Waals surface area contributed by atoms with Gasteiger partial charge in [-0.15, -0.1) is 0 Å². The third-order valence-corrected chi connectivity index (χ3v) is 4.34. The largest absolute Gasteiger partial charge is 0.508 e. The number of likely N-dealkylation sites (tertiary alicyclic amines) is 1. The quantitative estimate of drug-likeness (QED) is 0.462. The van der Waals surface area contributed by atoms with E-state index >= 15 is 0 Å². The van der Waals surface area contributed by atoms with Gasteiger partial charge < -0.3 is 25.3 Å². The van der Waals surface area contributed by atoms with E-state index in [4.69, 9.17) is 10.5 Å². The van der Waals surface area contributed by atoms with Gasteiger partial charge in [-0.2, -0.15) is 0 Å². The number of esters is 1. The number of ether oxygens (including phenoxy) is 1. The molecule has 1 aliphatic heterocycles. The molecule has 3 N–H and O–H groups in total. The van der Waals surface area contributed by atoms with E-state index in [1.54, 1.807) is 32.9 Å². The first kappa shape index (κ1) is 19.9. The predicted octanol–water partition coefficient (Wildman–Crippen LogP) is 1.16. The molecule has 1 aromatic carbocycles. The van der Waals surface area contributed by atoms with Gasteiger partial charge in [0.05, 0.1) is 6.04 Å². The van der Waals surface area contributed by atoms with Crippen molar-refractivity contribution in [3.8, 4) is 5.75 Å². The number of benzene rings is 1. The van der Waals surface area contributed by atoms with Crippen LogP contribution in [0.3, 0.4) is 0 Å². The smallest absolute Gasteiger partial charge is 0.340 e. The number of carbonyl (C=O) groups is 3. The van der Waals surface area contributed by atoms with Crippen LogP contribution >= 0.6 is 0 Å². The summed E-state index contributed by atoms with van der Waals surface area (Å²) in [6.45, 7) is 5.41. The number of nitrogens with zero attached hydrogens (tertiary/aromatic N) is 1. The molecule has 1 aromatic rings. The Morgan fingerprint density at radius 2 is 1.96 bits per heavy atom. The van der Waals surface area contributed by atoms with Gasteiger partial charge in [0.2, 0.25) is 5.91 Å². The van der Waals surface area contributed by atoms with Crippen LogP contribution in [0.2, 0.25) is 0 Å². The molecule has 0 bridgehead atoms. The topological polar surface area (TPSA) is 110 Å². The van der Waals surface area contributed by atoms with E-state index in [2.05, 4.69) is 0 Å². The van der Waals surface area contributed by atoms with E-state index in [1.165, 1.54) is 17.0 Å². The third-order valence-electron chi connectivity index (χ3n) is 4.34. The van der Waals surface area contributed by atoms with E-state index in [1.807, 2.05) is 0 Å². The van der Waals surface area contributed by atoms with Crippen molar-refractivity contribution < 1.29 is 24.2 Å². The number of hydrogen-bond donors (Lipinski definition) is 2. The molecule has 7 heteroatoms. The molecule has 142 valence electrons. The maximum absolute atomic E-state index is 12.8. The number of rotatable bonds is 5. The fourth-order valence-electron chi connectivity index (χ4n) is 3.07. The van der Waals surface area contributed by atoms with Crippen molar-refractivity contribution in [1.82, 2.24) is 4.90 Å². The second-order valence-electron chi connectivity index (χ2n) is 7.61. The Morgan fingerprint density at radius 3 is 2.50 bits per heavy atom. The predicted molar refractivity (Wildman–Crippen MR) is 95.4 cm³/mol. The lowest BCUT2D eigenvalue weighted by molar-refractivity contribution is -0.172. The fourth-order valence-corrected chi connectivity index (χ4v) is 3.07. The summed E-state index contributed by atoms with van der Waals surface area (Å²) < 4.78 is 5.37. The zero-order valence-corrected chi connectivity index (χ0v) is 15.4. The first-order valence-corrected chi connectivity index (χ1v) is 8.64. The molecule has 1 aliphatic rings. The highest BCUT2D eigenvalue weighted by atomic mass is 16.6. The van der Waals surface area contributed by atoms with Crippen molar-refractivity contribution in [1.29, 1.82) is 0 Å². The monoisotopic (exact) mass is 362 g/mol. The first-order valence-electron chi connectivity index (χ1n) is 8.64. The Morgan fingerprint density at radius 1 is 1.35 bits per heavy atom. The van der Waals surface area contributed by atoms with E-state index in [9.17, 15) is 19.5 Å². The molecule has 0 saturated carbocycles. The molecule has 2 rings (SSSR count). The first-order chi connectivity index (χ1) is 12.1. The van der Waals surface area contributed by atoms with Crippen molar-refractivity contribution in [3.05, 3.63) is 29.8 Å². The van der Waals surface area contributed by atoms with Crippen LogP contribution in [0.15, 0.2) is 24.3 Å². The lowest BCUT2D eigenvalue weighted by atomic mass is 9.96. The Balaban J connectivity index is 2.18. The number of aromatic hydroxyl groups is 1. The van der Waals surface area contributed by atoms with Crippen molar-refractivity contribution in [2.75, 3.05) is 6.54 Å². The van der Waals surface area contributed by atoms with Crippen LogP contribution in [0.4, 0.5) is 0 Å². The lowest BCUT2D eigenvalue weighted by Crippen LogP contribution is -2.59. The van der Waals surface area contributed by atoms with Gasteiger partial charge in [-0.3, -0.25) is 4.79 Å². The van der Waals surface area contributed by atoms with Crippen molar-refractivity contribution >= 4 is 18.2 Å². The Bertz CT molecular complexity index is 680. The molecular formula is C19H26N2O5. The van der Waals surface area contributed by atoms with Gasteiger partial charge in [-0.25, -0.2) is 4.79 Å². The number of amides is 1. The summed E-state index contributed by atoms with van der Waals surface area (Å²) in [4.78, 5) is 38.6. The molecule has 1 saturated heterocycles. The molecule has 2 atom stereocenters. The maximum atomic E-state index is 12.8. The standard InChI is InChI=1S/C19H26N2O5/c1-18(2,3)26-17(25)19(12-22)9-4-10-21(19)16(24)15(20)11-13-5-7-14(23)8-6-13/h5-8,12,15,23H,4,9-11,20H2,1-3H3/t15-,19-/m0/s1. The van der Waals surface area contributed by atoms with Gasteiger partial charge >= 0.3 is 5.97 Å². The van der Waals surface area contributed by atoms with Gasteiger partial charge in [-0.1, -0.05) is 12.1 Å². The molecule has 0 aliphatic carbocycles. The maximum Gasteiger partial charge on any atom is 0.340 e. The normalized spacial score (nSPS) is 21.3. The molecule has 1 heterocycles. The molecule has 7 nitrogen and oxygen atoms in total. The number of phenolic OH excluding ortho intramolecular Hbond substituents is 1. The SMILES string of the molecule is CC(C)(C)OC(=O)[C@@]1(C=O)CCCN1C(=O)[C@@H](N)Cc1ccc(O)cc1.